The minimum absolute atomic E-state index is 0.135. The maximum Gasteiger partial charge on any atom is 0.302 e. The van der Waals surface area contributed by atoms with Gasteiger partial charge in [-0.05, 0) is 48.0 Å². The van der Waals surface area contributed by atoms with Crippen LogP contribution in [0.1, 0.15) is 21.5 Å². The molecule has 0 spiro atoms. The van der Waals surface area contributed by atoms with E-state index in [-0.39, 0.29) is 17.7 Å². The molecule has 0 aliphatic carbocycles. The number of hydrogen-bond donors (Lipinski definition) is 1. The van der Waals surface area contributed by atoms with Crippen molar-refractivity contribution in [3.8, 4) is 11.5 Å². The smallest absolute Gasteiger partial charge is 0.302 e. The Bertz CT molecular complexity index is 1200. The molecule has 1 aliphatic rings. The molecular formula is C24H22N4O4S. The molecule has 1 aliphatic heterocycles. The van der Waals surface area contributed by atoms with Crippen molar-refractivity contribution in [2.24, 2.45) is 5.10 Å². The average molecular weight is 463 g/mol. The average Bonchev–Trinajstić information content (AvgIpc) is 2.85. The van der Waals surface area contributed by atoms with Crippen LogP contribution in [0.15, 0.2) is 72.1 Å². The number of methoxy groups -OCH3 is 2. The molecule has 0 unspecified atom stereocenters. The third-order valence-corrected chi connectivity index (χ3v) is 5.82. The number of carbonyl (C=O) groups is 2. The van der Waals surface area contributed by atoms with Crippen LogP contribution in [0.2, 0.25) is 0 Å². The number of anilines is 1. The predicted octanol–water partition coefficient (Wildman–Crippen LogP) is 4.42. The van der Waals surface area contributed by atoms with Gasteiger partial charge in [0.15, 0.2) is 11.5 Å². The number of aromatic nitrogens is 1. The van der Waals surface area contributed by atoms with E-state index in [2.05, 4.69) is 15.4 Å². The lowest BCUT2D eigenvalue weighted by atomic mass is 10.1. The third kappa shape index (κ3) is 5.32. The number of ether oxygens (including phenoxy) is 2. The van der Waals surface area contributed by atoms with Gasteiger partial charge in [0.1, 0.15) is 0 Å². The molecule has 2 aromatic carbocycles. The zero-order chi connectivity index (χ0) is 23.2. The summed E-state index contributed by atoms with van der Waals surface area (Å²) < 4.78 is 10.7. The van der Waals surface area contributed by atoms with Crippen LogP contribution in [-0.4, -0.2) is 46.8 Å². The van der Waals surface area contributed by atoms with Crippen LogP contribution < -0.4 is 14.8 Å². The molecule has 0 saturated carbocycles. The monoisotopic (exact) mass is 462 g/mol. The Hall–Kier alpha value is -3.85. The van der Waals surface area contributed by atoms with Crippen molar-refractivity contribution in [1.82, 2.24) is 9.99 Å². The van der Waals surface area contributed by atoms with Crippen LogP contribution in [0.5, 0.6) is 11.5 Å². The van der Waals surface area contributed by atoms with E-state index in [0.29, 0.717) is 28.5 Å². The van der Waals surface area contributed by atoms with Gasteiger partial charge in [-0.1, -0.05) is 23.9 Å². The zero-order valence-electron chi connectivity index (χ0n) is 18.1. The van der Waals surface area contributed by atoms with Gasteiger partial charge in [0.2, 0.25) is 0 Å². The predicted molar refractivity (Wildman–Crippen MR) is 128 cm³/mol. The highest BCUT2D eigenvalue weighted by atomic mass is 32.2. The summed E-state index contributed by atoms with van der Waals surface area (Å²) in [6, 6.07) is 16.3. The van der Waals surface area contributed by atoms with Crippen LogP contribution in [0, 0.1) is 0 Å². The van der Waals surface area contributed by atoms with Crippen LogP contribution in [0.25, 0.3) is 0 Å². The number of thioether (sulfide) groups is 1. The lowest BCUT2D eigenvalue weighted by Crippen LogP contribution is -2.29. The quantitative estimate of drug-likeness (QED) is 0.559. The number of rotatable bonds is 7. The van der Waals surface area contributed by atoms with E-state index < -0.39 is 0 Å². The summed E-state index contributed by atoms with van der Waals surface area (Å²) in [4.78, 5) is 28.9. The molecule has 33 heavy (non-hydrogen) atoms. The minimum Gasteiger partial charge on any atom is -0.493 e. The van der Waals surface area contributed by atoms with Crippen molar-refractivity contribution < 1.29 is 19.1 Å². The summed E-state index contributed by atoms with van der Waals surface area (Å²) in [5.41, 5.74) is 3.55. The fourth-order valence-corrected chi connectivity index (χ4v) is 4.04. The molecule has 8 nitrogen and oxygen atoms in total. The summed E-state index contributed by atoms with van der Waals surface area (Å²) in [5, 5.41) is 8.74. The van der Waals surface area contributed by atoms with Gasteiger partial charge in [0, 0.05) is 29.4 Å². The maximum atomic E-state index is 12.5. The second-order valence-electron chi connectivity index (χ2n) is 7.12. The number of nitrogens with zero attached hydrogens (tertiary/aromatic N) is 3. The number of nitrogens with one attached hydrogen (secondary N) is 1. The third-order valence-electron chi connectivity index (χ3n) is 4.94. The highest BCUT2D eigenvalue weighted by Crippen LogP contribution is 2.30. The lowest BCUT2D eigenvalue weighted by Gasteiger charge is -2.23. The molecule has 0 bridgehead atoms. The fraction of sp³-hybridized carbons (Fsp3) is 0.167. The number of benzene rings is 2. The second kappa shape index (κ2) is 10.2. The topological polar surface area (TPSA) is 93.1 Å². The summed E-state index contributed by atoms with van der Waals surface area (Å²) in [7, 11) is 3.16. The molecule has 2 amide bonds. The highest BCUT2D eigenvalue weighted by Gasteiger charge is 2.23. The normalized spacial score (nSPS) is 13.3. The Kier molecular flexibility index (Phi) is 6.89. The first-order valence-electron chi connectivity index (χ1n) is 10.1. The van der Waals surface area contributed by atoms with Gasteiger partial charge >= 0.3 is 5.24 Å². The number of carbonyl (C=O) groups excluding carboxylic acids is 2. The Balaban J connectivity index is 1.51. The van der Waals surface area contributed by atoms with Gasteiger partial charge in [-0.15, -0.1) is 0 Å². The molecule has 168 valence electrons. The van der Waals surface area contributed by atoms with Crippen molar-refractivity contribution in [2.45, 2.75) is 6.54 Å². The standard InChI is InChI=1S/C24H22N4O4S/c1-31-21-9-8-17(12-22(21)32-2)20-15-33-24(30)28(27-20)14-16-5-3-7-19(11-16)26-23(29)18-6-4-10-25-13-18/h3-13H,14-15H2,1-2H3,(H,26,29). The van der Waals surface area contributed by atoms with Crippen LogP contribution in [0.3, 0.4) is 0 Å². The first-order valence-corrected chi connectivity index (χ1v) is 11.1. The Morgan fingerprint density at radius 3 is 2.70 bits per heavy atom. The number of amides is 2. The van der Waals surface area contributed by atoms with E-state index in [1.165, 1.54) is 23.0 Å². The Morgan fingerprint density at radius 2 is 1.94 bits per heavy atom. The van der Waals surface area contributed by atoms with E-state index >= 15 is 0 Å². The molecule has 3 aromatic rings. The molecule has 1 aromatic heterocycles. The van der Waals surface area contributed by atoms with Crippen LogP contribution in [-0.2, 0) is 6.54 Å². The van der Waals surface area contributed by atoms with Crippen molar-refractivity contribution in [3.63, 3.8) is 0 Å². The summed E-state index contributed by atoms with van der Waals surface area (Å²) in [6.07, 6.45) is 3.12. The minimum atomic E-state index is -0.251. The largest absolute Gasteiger partial charge is 0.493 e. The van der Waals surface area contributed by atoms with Gasteiger partial charge in [-0.3, -0.25) is 14.6 Å². The Labute approximate surface area is 195 Å². The van der Waals surface area contributed by atoms with Crippen molar-refractivity contribution in [1.29, 1.82) is 0 Å². The van der Waals surface area contributed by atoms with E-state index in [0.717, 1.165) is 16.8 Å². The second-order valence-corrected chi connectivity index (χ2v) is 8.05. The highest BCUT2D eigenvalue weighted by molar-refractivity contribution is 8.14. The number of hydrazone groups is 1. The summed E-state index contributed by atoms with van der Waals surface area (Å²) in [5.74, 6) is 1.44. The summed E-state index contributed by atoms with van der Waals surface area (Å²) in [6.45, 7) is 0.277. The van der Waals surface area contributed by atoms with E-state index in [4.69, 9.17) is 9.47 Å². The van der Waals surface area contributed by atoms with Crippen LogP contribution >= 0.6 is 11.8 Å². The fourth-order valence-electron chi connectivity index (χ4n) is 3.30. The Morgan fingerprint density at radius 1 is 1.09 bits per heavy atom. The van der Waals surface area contributed by atoms with Crippen LogP contribution in [0.4, 0.5) is 10.5 Å². The van der Waals surface area contributed by atoms with E-state index in [9.17, 15) is 9.59 Å². The number of pyridine rings is 1. The molecule has 0 atom stereocenters. The van der Waals surface area contributed by atoms with Crippen molar-refractivity contribution in [3.05, 3.63) is 83.7 Å². The van der Waals surface area contributed by atoms with Gasteiger partial charge in [-0.25, -0.2) is 5.01 Å². The maximum absolute atomic E-state index is 12.5. The van der Waals surface area contributed by atoms with E-state index in [1.807, 2.05) is 36.4 Å². The van der Waals surface area contributed by atoms with Crippen molar-refractivity contribution in [2.75, 3.05) is 25.3 Å². The molecular weight excluding hydrogens is 440 g/mol. The molecule has 0 fully saturated rings. The first kappa shape index (κ1) is 22.3. The molecule has 2 heterocycles. The first-order chi connectivity index (χ1) is 16.1. The molecule has 9 heteroatoms. The van der Waals surface area contributed by atoms with E-state index in [1.54, 1.807) is 38.6 Å². The zero-order valence-corrected chi connectivity index (χ0v) is 19.0. The van der Waals surface area contributed by atoms with Gasteiger partial charge in [-0.2, -0.15) is 5.10 Å². The van der Waals surface area contributed by atoms with Gasteiger partial charge < -0.3 is 14.8 Å². The molecule has 0 saturated heterocycles. The van der Waals surface area contributed by atoms with Gasteiger partial charge in [0.25, 0.3) is 5.91 Å². The van der Waals surface area contributed by atoms with Crippen molar-refractivity contribution >= 4 is 34.3 Å². The SMILES string of the molecule is COc1ccc(C2=NN(Cc3cccc(NC(=O)c4cccnc4)c3)C(=O)SC2)cc1OC. The van der Waals surface area contributed by atoms with Gasteiger partial charge in [0.05, 0.1) is 32.0 Å². The number of hydrogen-bond acceptors (Lipinski definition) is 7. The molecule has 4 rings (SSSR count). The lowest BCUT2D eigenvalue weighted by molar-refractivity contribution is 0.102. The summed E-state index contributed by atoms with van der Waals surface area (Å²) >= 11 is 1.19. The molecule has 0 radical (unpaired) electrons. The molecule has 1 N–H and O–H groups in total.